The Morgan fingerprint density at radius 3 is 2.65 bits per heavy atom. The molecule has 0 amide bonds. The minimum Gasteiger partial charge on any atom is -0.306 e. The second-order valence-corrected chi connectivity index (χ2v) is 5.27. The summed E-state index contributed by atoms with van der Waals surface area (Å²) in [5.41, 5.74) is 3.52. The maximum absolute atomic E-state index is 4.46. The molecule has 0 aromatic carbocycles. The van der Waals surface area contributed by atoms with Crippen molar-refractivity contribution in [2.75, 3.05) is 6.54 Å². The molecule has 0 aliphatic carbocycles. The van der Waals surface area contributed by atoms with Gasteiger partial charge in [0.15, 0.2) is 0 Å². The van der Waals surface area contributed by atoms with E-state index in [2.05, 4.69) is 48.7 Å². The molecule has 0 saturated heterocycles. The van der Waals surface area contributed by atoms with E-state index >= 15 is 0 Å². The summed E-state index contributed by atoms with van der Waals surface area (Å²) < 4.78 is 3.89. The molecular formula is C15H25N5. The topological polar surface area (TPSA) is 47.7 Å². The third-order valence-corrected chi connectivity index (χ3v) is 3.40. The van der Waals surface area contributed by atoms with Gasteiger partial charge in [-0.2, -0.15) is 10.2 Å². The molecule has 2 aromatic rings. The lowest BCUT2D eigenvalue weighted by atomic mass is 10.0. The second kappa shape index (κ2) is 6.70. The molecule has 110 valence electrons. The van der Waals surface area contributed by atoms with Crippen LogP contribution in [0.25, 0.3) is 0 Å². The van der Waals surface area contributed by atoms with Crippen molar-refractivity contribution >= 4 is 0 Å². The highest BCUT2D eigenvalue weighted by atomic mass is 15.3. The molecule has 2 rings (SSSR count). The van der Waals surface area contributed by atoms with Crippen molar-refractivity contribution in [1.82, 2.24) is 24.9 Å². The fourth-order valence-electron chi connectivity index (χ4n) is 2.48. The number of hydrogen-bond donors (Lipinski definition) is 1. The maximum Gasteiger partial charge on any atom is 0.0644 e. The lowest BCUT2D eigenvalue weighted by Gasteiger charge is -2.16. The Bertz CT molecular complexity index is 540. The van der Waals surface area contributed by atoms with E-state index in [0.717, 1.165) is 31.6 Å². The summed E-state index contributed by atoms with van der Waals surface area (Å²) in [6.45, 7) is 8.36. The van der Waals surface area contributed by atoms with Gasteiger partial charge >= 0.3 is 0 Å². The predicted octanol–water partition coefficient (Wildman–Crippen LogP) is 2.42. The molecule has 0 spiro atoms. The van der Waals surface area contributed by atoms with Crippen LogP contribution in [0.4, 0.5) is 0 Å². The average Bonchev–Trinajstić information content (AvgIpc) is 2.98. The van der Waals surface area contributed by atoms with Crippen LogP contribution < -0.4 is 5.32 Å². The summed E-state index contributed by atoms with van der Waals surface area (Å²) in [5.74, 6) is 0. The Balaban J connectivity index is 2.28. The monoisotopic (exact) mass is 275 g/mol. The van der Waals surface area contributed by atoms with E-state index in [1.807, 2.05) is 22.6 Å². The zero-order valence-electron chi connectivity index (χ0n) is 12.9. The first kappa shape index (κ1) is 14.8. The fourth-order valence-corrected chi connectivity index (χ4v) is 2.48. The van der Waals surface area contributed by atoms with Crippen LogP contribution >= 0.6 is 0 Å². The molecule has 0 aliphatic rings. The molecule has 0 aliphatic heterocycles. The van der Waals surface area contributed by atoms with Crippen molar-refractivity contribution in [3.05, 3.63) is 35.4 Å². The number of nitrogens with zero attached hydrogens (tertiary/aromatic N) is 4. The molecule has 0 fully saturated rings. The Kier molecular flexibility index (Phi) is 4.95. The van der Waals surface area contributed by atoms with Crippen LogP contribution in [0.5, 0.6) is 0 Å². The highest BCUT2D eigenvalue weighted by Crippen LogP contribution is 2.24. The number of hydrogen-bond acceptors (Lipinski definition) is 3. The van der Waals surface area contributed by atoms with Gasteiger partial charge in [0.1, 0.15) is 0 Å². The summed E-state index contributed by atoms with van der Waals surface area (Å²) >= 11 is 0. The van der Waals surface area contributed by atoms with Crippen molar-refractivity contribution in [2.24, 2.45) is 7.05 Å². The SMILES string of the molecule is CCCNC(c1cnn(CCC)c1)c1cn(C)nc1C. The number of nitrogens with one attached hydrogen (secondary N) is 1. The van der Waals surface area contributed by atoms with Crippen LogP contribution in [0.2, 0.25) is 0 Å². The van der Waals surface area contributed by atoms with Gasteiger partial charge in [0.25, 0.3) is 0 Å². The zero-order chi connectivity index (χ0) is 14.5. The predicted molar refractivity (Wildman–Crippen MR) is 80.6 cm³/mol. The van der Waals surface area contributed by atoms with Crippen LogP contribution in [0.1, 0.15) is 49.6 Å². The first-order valence-electron chi connectivity index (χ1n) is 7.41. The molecular weight excluding hydrogens is 250 g/mol. The quantitative estimate of drug-likeness (QED) is 0.844. The molecule has 20 heavy (non-hydrogen) atoms. The Morgan fingerprint density at radius 2 is 2.05 bits per heavy atom. The maximum atomic E-state index is 4.46. The summed E-state index contributed by atoms with van der Waals surface area (Å²) in [6.07, 6.45) is 8.41. The van der Waals surface area contributed by atoms with Crippen molar-refractivity contribution in [2.45, 2.75) is 46.2 Å². The standard InChI is InChI=1S/C15H25N5/c1-5-7-16-15(14-11-19(4)18-12(14)3)13-9-17-20(10-13)8-6-2/h9-11,15-16H,5-8H2,1-4H3. The molecule has 1 unspecified atom stereocenters. The smallest absolute Gasteiger partial charge is 0.0644 e. The van der Waals surface area contributed by atoms with Gasteiger partial charge in [-0.25, -0.2) is 0 Å². The summed E-state index contributed by atoms with van der Waals surface area (Å²) in [7, 11) is 1.97. The van der Waals surface area contributed by atoms with Crippen LogP contribution in [-0.2, 0) is 13.6 Å². The minimum atomic E-state index is 0.175. The van der Waals surface area contributed by atoms with Crippen molar-refractivity contribution in [3.63, 3.8) is 0 Å². The van der Waals surface area contributed by atoms with Crippen LogP contribution in [0.3, 0.4) is 0 Å². The Morgan fingerprint density at radius 1 is 1.25 bits per heavy atom. The molecule has 5 heteroatoms. The summed E-state index contributed by atoms with van der Waals surface area (Å²) in [6, 6.07) is 0.175. The zero-order valence-corrected chi connectivity index (χ0v) is 12.9. The van der Waals surface area contributed by atoms with E-state index in [4.69, 9.17) is 0 Å². The largest absolute Gasteiger partial charge is 0.306 e. The first-order chi connectivity index (χ1) is 9.65. The molecule has 0 bridgehead atoms. The Hall–Kier alpha value is -1.62. The number of aryl methyl sites for hydroxylation is 3. The fraction of sp³-hybridized carbons (Fsp3) is 0.600. The van der Waals surface area contributed by atoms with Gasteiger partial charge in [0.05, 0.1) is 17.9 Å². The molecule has 2 heterocycles. The lowest BCUT2D eigenvalue weighted by molar-refractivity contribution is 0.586. The van der Waals surface area contributed by atoms with Crippen molar-refractivity contribution in [1.29, 1.82) is 0 Å². The lowest BCUT2D eigenvalue weighted by Crippen LogP contribution is -2.23. The van der Waals surface area contributed by atoms with E-state index < -0.39 is 0 Å². The van der Waals surface area contributed by atoms with E-state index in [1.54, 1.807) is 0 Å². The first-order valence-corrected chi connectivity index (χ1v) is 7.41. The summed E-state index contributed by atoms with van der Waals surface area (Å²) in [4.78, 5) is 0. The molecule has 2 aromatic heterocycles. The third-order valence-electron chi connectivity index (χ3n) is 3.40. The number of rotatable bonds is 7. The van der Waals surface area contributed by atoms with Gasteiger partial charge in [-0.1, -0.05) is 13.8 Å². The van der Waals surface area contributed by atoms with Gasteiger partial charge in [-0.05, 0) is 26.3 Å². The number of aromatic nitrogens is 4. The summed E-state index contributed by atoms with van der Waals surface area (Å²) in [5, 5.41) is 12.5. The van der Waals surface area contributed by atoms with E-state index in [9.17, 15) is 0 Å². The molecule has 0 saturated carbocycles. The minimum absolute atomic E-state index is 0.175. The normalized spacial score (nSPS) is 12.8. The average molecular weight is 275 g/mol. The molecule has 0 radical (unpaired) electrons. The van der Waals surface area contributed by atoms with Crippen molar-refractivity contribution in [3.8, 4) is 0 Å². The molecule has 1 N–H and O–H groups in total. The van der Waals surface area contributed by atoms with Gasteiger partial charge in [-0.3, -0.25) is 9.36 Å². The van der Waals surface area contributed by atoms with E-state index in [-0.39, 0.29) is 6.04 Å². The Labute approximate surface area is 121 Å². The highest BCUT2D eigenvalue weighted by Gasteiger charge is 2.19. The van der Waals surface area contributed by atoms with Gasteiger partial charge < -0.3 is 5.32 Å². The molecule has 5 nitrogen and oxygen atoms in total. The van der Waals surface area contributed by atoms with Crippen molar-refractivity contribution < 1.29 is 0 Å². The van der Waals surface area contributed by atoms with Gasteiger partial charge in [-0.15, -0.1) is 0 Å². The van der Waals surface area contributed by atoms with E-state index in [1.165, 1.54) is 11.1 Å². The van der Waals surface area contributed by atoms with Crippen LogP contribution in [0.15, 0.2) is 18.6 Å². The van der Waals surface area contributed by atoms with Gasteiger partial charge in [0.2, 0.25) is 0 Å². The van der Waals surface area contributed by atoms with Gasteiger partial charge in [0, 0.05) is 37.1 Å². The third kappa shape index (κ3) is 3.28. The van der Waals surface area contributed by atoms with E-state index in [0.29, 0.717) is 0 Å². The van der Waals surface area contributed by atoms with Crippen LogP contribution in [-0.4, -0.2) is 26.1 Å². The van der Waals surface area contributed by atoms with Crippen LogP contribution in [0, 0.1) is 6.92 Å². The molecule has 1 atom stereocenters. The second-order valence-electron chi connectivity index (χ2n) is 5.27. The highest BCUT2D eigenvalue weighted by molar-refractivity contribution is 5.30.